The van der Waals surface area contributed by atoms with Gasteiger partial charge >= 0.3 is 0 Å². The van der Waals surface area contributed by atoms with E-state index >= 15 is 0 Å². The number of benzene rings is 2. The number of fused-ring (bicyclic) bond motifs is 1. The van der Waals surface area contributed by atoms with Crippen molar-refractivity contribution in [2.45, 2.75) is 6.42 Å². The molecule has 0 radical (unpaired) electrons. The van der Waals surface area contributed by atoms with E-state index in [0.29, 0.717) is 28.6 Å². The summed E-state index contributed by atoms with van der Waals surface area (Å²) in [6.45, 7) is 0. The van der Waals surface area contributed by atoms with E-state index in [2.05, 4.69) is 10.5 Å². The second-order valence-electron chi connectivity index (χ2n) is 5.27. The third-order valence-electron chi connectivity index (χ3n) is 3.73. The fourth-order valence-corrected chi connectivity index (χ4v) is 2.62. The van der Waals surface area contributed by atoms with Crippen LogP contribution in [0.2, 0.25) is 5.02 Å². The summed E-state index contributed by atoms with van der Waals surface area (Å²) in [5, 5.41) is 15.6. The predicted octanol–water partition coefficient (Wildman–Crippen LogP) is 3.33. The number of anilines is 1. The van der Waals surface area contributed by atoms with Crippen molar-refractivity contribution < 1.29 is 19.5 Å². The van der Waals surface area contributed by atoms with Gasteiger partial charge in [-0.25, -0.2) is 0 Å². The van der Waals surface area contributed by atoms with Gasteiger partial charge in [-0.05, 0) is 54.4 Å². The second kappa shape index (κ2) is 6.80. The highest BCUT2D eigenvalue weighted by Crippen LogP contribution is 2.32. The Morgan fingerprint density at radius 1 is 1.33 bits per heavy atom. The maximum absolute atomic E-state index is 12.5. The molecule has 0 aromatic heterocycles. The third-order valence-corrected chi connectivity index (χ3v) is 3.98. The highest BCUT2D eigenvalue weighted by atomic mass is 35.5. The zero-order valence-corrected chi connectivity index (χ0v) is 13.6. The SMILES string of the molecule is COc1ccc2c(c1)C[C@@H](C(=O)Nc1ccc(Cl)cc1)/C(=N\O)O2. The number of rotatable bonds is 3. The van der Waals surface area contributed by atoms with Gasteiger partial charge in [-0.3, -0.25) is 4.79 Å². The van der Waals surface area contributed by atoms with Crippen molar-refractivity contribution in [2.24, 2.45) is 11.1 Å². The molecule has 1 heterocycles. The van der Waals surface area contributed by atoms with Gasteiger partial charge < -0.3 is 20.0 Å². The van der Waals surface area contributed by atoms with Crippen LogP contribution in [-0.4, -0.2) is 24.1 Å². The standard InChI is InChI=1S/C17H15ClN2O4/c1-23-13-6-7-15-10(8-13)9-14(17(20-22)24-15)16(21)19-12-4-2-11(18)3-5-12/h2-8,14,22H,9H2,1H3,(H,19,21)/b20-17+/t14-/m0/s1. The molecule has 0 saturated carbocycles. The summed E-state index contributed by atoms with van der Waals surface area (Å²) in [5.41, 5.74) is 1.40. The summed E-state index contributed by atoms with van der Waals surface area (Å²) in [5.74, 6) is 0.0840. The molecule has 0 fully saturated rings. The molecule has 2 aromatic rings. The summed E-state index contributed by atoms with van der Waals surface area (Å²) in [6.07, 6.45) is 0.339. The van der Waals surface area contributed by atoms with Gasteiger partial charge in [0, 0.05) is 10.7 Å². The molecule has 1 amide bonds. The minimum Gasteiger partial charge on any atom is -0.497 e. The first kappa shape index (κ1) is 16.1. The molecule has 124 valence electrons. The van der Waals surface area contributed by atoms with Crippen molar-refractivity contribution in [1.82, 2.24) is 0 Å². The van der Waals surface area contributed by atoms with Crippen LogP contribution in [0.25, 0.3) is 0 Å². The summed E-state index contributed by atoms with van der Waals surface area (Å²) >= 11 is 5.83. The Labute approximate surface area is 143 Å². The van der Waals surface area contributed by atoms with Gasteiger partial charge in [0.25, 0.3) is 0 Å². The summed E-state index contributed by atoms with van der Waals surface area (Å²) < 4.78 is 10.7. The van der Waals surface area contributed by atoms with E-state index in [1.165, 1.54) is 0 Å². The molecule has 1 aliphatic heterocycles. The van der Waals surface area contributed by atoms with Crippen molar-refractivity contribution in [1.29, 1.82) is 0 Å². The van der Waals surface area contributed by atoms with Crippen molar-refractivity contribution in [3.8, 4) is 11.5 Å². The first-order chi connectivity index (χ1) is 11.6. The molecule has 1 atom stereocenters. The van der Waals surface area contributed by atoms with E-state index in [1.807, 2.05) is 0 Å². The van der Waals surface area contributed by atoms with Crippen LogP contribution in [0.15, 0.2) is 47.6 Å². The summed E-state index contributed by atoms with van der Waals surface area (Å²) in [6, 6.07) is 12.0. The van der Waals surface area contributed by atoms with Gasteiger partial charge in [-0.2, -0.15) is 0 Å². The average Bonchev–Trinajstić information content (AvgIpc) is 2.61. The largest absolute Gasteiger partial charge is 0.497 e. The zero-order chi connectivity index (χ0) is 17.1. The van der Waals surface area contributed by atoms with Gasteiger partial charge in [0.2, 0.25) is 11.8 Å². The number of hydrogen-bond acceptors (Lipinski definition) is 5. The highest BCUT2D eigenvalue weighted by Gasteiger charge is 2.33. The monoisotopic (exact) mass is 346 g/mol. The van der Waals surface area contributed by atoms with Gasteiger partial charge in [0.1, 0.15) is 17.4 Å². The summed E-state index contributed by atoms with van der Waals surface area (Å²) in [7, 11) is 1.57. The lowest BCUT2D eigenvalue weighted by molar-refractivity contribution is -0.118. The molecule has 1 aliphatic rings. The quantitative estimate of drug-likeness (QED) is 0.660. The van der Waals surface area contributed by atoms with Crippen LogP contribution < -0.4 is 14.8 Å². The molecule has 2 N–H and O–H groups in total. The van der Waals surface area contributed by atoms with Gasteiger partial charge in [0.05, 0.1) is 7.11 Å². The molecular formula is C17H15ClN2O4. The second-order valence-corrected chi connectivity index (χ2v) is 5.70. The Morgan fingerprint density at radius 2 is 2.08 bits per heavy atom. The molecule has 6 nitrogen and oxygen atoms in total. The van der Waals surface area contributed by atoms with Crippen molar-refractivity contribution in [3.63, 3.8) is 0 Å². The van der Waals surface area contributed by atoms with Gasteiger partial charge in [0.15, 0.2) is 0 Å². The van der Waals surface area contributed by atoms with Crippen LogP contribution in [0.3, 0.4) is 0 Å². The molecule has 3 rings (SSSR count). The number of hydrogen-bond donors (Lipinski definition) is 2. The van der Waals surface area contributed by atoms with E-state index in [0.717, 1.165) is 5.56 Å². The Hall–Kier alpha value is -2.73. The molecule has 0 unspecified atom stereocenters. The minimum atomic E-state index is -0.745. The number of nitrogens with zero attached hydrogens (tertiary/aromatic N) is 1. The maximum Gasteiger partial charge on any atom is 0.243 e. The normalized spacial score (nSPS) is 17.8. The molecule has 0 bridgehead atoms. The molecular weight excluding hydrogens is 332 g/mol. The molecule has 0 saturated heterocycles. The predicted molar refractivity (Wildman–Crippen MR) is 90.1 cm³/mol. The fourth-order valence-electron chi connectivity index (χ4n) is 2.49. The Balaban J connectivity index is 1.83. The van der Waals surface area contributed by atoms with Crippen molar-refractivity contribution >= 4 is 29.1 Å². The molecule has 0 aliphatic carbocycles. The lowest BCUT2D eigenvalue weighted by atomic mass is 9.94. The van der Waals surface area contributed by atoms with E-state index in [9.17, 15) is 10.0 Å². The van der Waals surface area contributed by atoms with Crippen LogP contribution in [0, 0.1) is 5.92 Å². The number of amides is 1. The van der Waals surface area contributed by atoms with Crippen LogP contribution in [0.1, 0.15) is 5.56 Å². The first-order valence-corrected chi connectivity index (χ1v) is 7.61. The van der Waals surface area contributed by atoms with Gasteiger partial charge in [-0.1, -0.05) is 16.8 Å². The number of nitrogens with one attached hydrogen (secondary N) is 1. The van der Waals surface area contributed by atoms with E-state index in [4.69, 9.17) is 21.1 Å². The third kappa shape index (κ3) is 3.28. The van der Waals surface area contributed by atoms with Crippen molar-refractivity contribution in [2.75, 3.05) is 12.4 Å². The number of methoxy groups -OCH3 is 1. The molecule has 7 heteroatoms. The number of ether oxygens (including phenoxy) is 2. The molecule has 24 heavy (non-hydrogen) atoms. The Bertz CT molecular complexity index is 790. The van der Waals surface area contributed by atoms with Crippen LogP contribution >= 0.6 is 11.6 Å². The molecule has 2 aromatic carbocycles. The smallest absolute Gasteiger partial charge is 0.243 e. The lowest BCUT2D eigenvalue weighted by Crippen LogP contribution is -2.37. The van der Waals surface area contributed by atoms with Crippen molar-refractivity contribution in [3.05, 3.63) is 53.1 Å². The van der Waals surface area contributed by atoms with E-state index in [1.54, 1.807) is 49.6 Å². The number of carbonyl (C=O) groups is 1. The Kier molecular flexibility index (Phi) is 4.57. The lowest BCUT2D eigenvalue weighted by Gasteiger charge is -2.25. The maximum atomic E-state index is 12.5. The van der Waals surface area contributed by atoms with Gasteiger partial charge in [-0.15, -0.1) is 0 Å². The Morgan fingerprint density at radius 3 is 2.75 bits per heavy atom. The number of oxime groups is 1. The average molecular weight is 347 g/mol. The highest BCUT2D eigenvalue weighted by molar-refractivity contribution is 6.30. The first-order valence-electron chi connectivity index (χ1n) is 7.24. The molecule has 0 spiro atoms. The summed E-state index contributed by atoms with van der Waals surface area (Å²) in [4.78, 5) is 12.5. The van der Waals surface area contributed by atoms with E-state index < -0.39 is 5.92 Å². The van der Waals surface area contributed by atoms with E-state index in [-0.39, 0.29) is 11.8 Å². The van der Waals surface area contributed by atoms with Crippen LogP contribution in [-0.2, 0) is 11.2 Å². The minimum absolute atomic E-state index is 0.0425. The number of carbonyl (C=O) groups excluding carboxylic acids is 1. The number of halogens is 1. The van der Waals surface area contributed by atoms with Crippen LogP contribution in [0.4, 0.5) is 5.69 Å². The van der Waals surface area contributed by atoms with Crippen LogP contribution in [0.5, 0.6) is 11.5 Å². The fraction of sp³-hybridized carbons (Fsp3) is 0.176. The topological polar surface area (TPSA) is 80.2 Å². The zero-order valence-electron chi connectivity index (χ0n) is 12.8.